The van der Waals surface area contributed by atoms with E-state index in [9.17, 15) is 4.79 Å². The molecule has 3 aromatic heterocycles. The average molecular weight is 367 g/mol. The lowest BCUT2D eigenvalue weighted by Crippen LogP contribution is -2.22. The van der Waals surface area contributed by atoms with Crippen LogP contribution in [0.1, 0.15) is 15.6 Å². The van der Waals surface area contributed by atoms with Crippen LogP contribution in [-0.2, 0) is 13.1 Å². The molecule has 3 rings (SSSR count). The van der Waals surface area contributed by atoms with Crippen LogP contribution in [0.5, 0.6) is 0 Å². The second-order valence-corrected chi connectivity index (χ2v) is 7.93. The normalized spacial score (nSPS) is 11.4. The van der Waals surface area contributed by atoms with Crippen molar-refractivity contribution in [3.63, 3.8) is 0 Å². The van der Waals surface area contributed by atoms with Crippen molar-refractivity contribution in [3.05, 3.63) is 61.1 Å². The number of fused-ring (bicyclic) bond motifs is 1. The highest BCUT2D eigenvalue weighted by Gasteiger charge is 2.13. The molecule has 3 heterocycles. The van der Waals surface area contributed by atoms with Gasteiger partial charge in [-0.1, -0.05) is 29.0 Å². The first-order valence-corrected chi connectivity index (χ1v) is 9.00. The van der Waals surface area contributed by atoms with Gasteiger partial charge in [0.2, 0.25) is 4.96 Å². The molecule has 0 bridgehead atoms. The Kier molecular flexibility index (Phi) is 4.91. The summed E-state index contributed by atoms with van der Waals surface area (Å²) in [5, 5.41) is 5.24. The van der Waals surface area contributed by atoms with Gasteiger partial charge in [-0.25, -0.2) is 4.98 Å². The summed E-state index contributed by atoms with van der Waals surface area (Å²) in [4.78, 5) is 20.3. The molecule has 0 fully saturated rings. The molecule has 0 amide bonds. The van der Waals surface area contributed by atoms with Crippen LogP contribution in [0, 0.1) is 6.92 Å². The molecule has 0 aliphatic heterocycles. The van der Waals surface area contributed by atoms with Crippen molar-refractivity contribution < 1.29 is 0 Å². The van der Waals surface area contributed by atoms with Crippen LogP contribution >= 0.6 is 34.3 Å². The Hall–Kier alpha value is -1.54. The van der Waals surface area contributed by atoms with Gasteiger partial charge < -0.3 is 0 Å². The Bertz CT molecular complexity index is 898. The summed E-state index contributed by atoms with van der Waals surface area (Å²) in [5.41, 5.74) is 0.566. The van der Waals surface area contributed by atoms with Gasteiger partial charge in [-0.3, -0.25) is 9.69 Å². The van der Waals surface area contributed by atoms with Crippen LogP contribution < -0.4 is 5.56 Å². The van der Waals surface area contributed by atoms with Crippen molar-refractivity contribution >= 4 is 39.2 Å². The molecule has 0 unspecified atom stereocenters. The summed E-state index contributed by atoms with van der Waals surface area (Å²) in [7, 11) is 0. The van der Waals surface area contributed by atoms with E-state index in [-0.39, 0.29) is 5.56 Å². The molecule has 0 radical (unpaired) electrons. The number of hydrogen-bond donors (Lipinski definition) is 0. The predicted octanol–water partition coefficient (Wildman–Crippen LogP) is 3.36. The summed E-state index contributed by atoms with van der Waals surface area (Å²) in [6, 6.07) is 5.42. The fraction of sp³-hybridized carbons (Fsp3) is 0.267. The maximum absolute atomic E-state index is 11.9. The smallest absolute Gasteiger partial charge is 0.275 e. The number of hydrogen-bond acceptors (Lipinski definition) is 6. The maximum Gasteiger partial charge on any atom is 0.275 e. The fourth-order valence-electron chi connectivity index (χ4n) is 2.24. The lowest BCUT2D eigenvalue weighted by Gasteiger charge is -2.17. The van der Waals surface area contributed by atoms with E-state index in [4.69, 9.17) is 11.6 Å². The van der Waals surface area contributed by atoms with Crippen LogP contribution in [0.2, 0.25) is 4.34 Å². The van der Waals surface area contributed by atoms with Gasteiger partial charge >= 0.3 is 0 Å². The molecular weight excluding hydrogens is 352 g/mol. The highest BCUT2D eigenvalue weighted by Crippen LogP contribution is 2.23. The second-order valence-electron chi connectivity index (χ2n) is 5.09. The molecule has 120 valence electrons. The van der Waals surface area contributed by atoms with Gasteiger partial charge in [-0.2, -0.15) is 9.61 Å². The van der Waals surface area contributed by atoms with E-state index < -0.39 is 0 Å². The van der Waals surface area contributed by atoms with Gasteiger partial charge in [0.1, 0.15) is 5.01 Å². The monoisotopic (exact) mass is 366 g/mol. The molecule has 0 saturated carbocycles. The van der Waals surface area contributed by atoms with Crippen LogP contribution in [-0.4, -0.2) is 26.0 Å². The number of thiophene rings is 1. The lowest BCUT2D eigenvalue weighted by molar-refractivity contribution is 0.287. The lowest BCUT2D eigenvalue weighted by atomic mass is 10.4. The summed E-state index contributed by atoms with van der Waals surface area (Å²) in [6.45, 7) is 7.75. The number of aromatic nitrogens is 3. The molecule has 0 aliphatic carbocycles. The first kappa shape index (κ1) is 16.3. The van der Waals surface area contributed by atoms with Crippen molar-refractivity contribution in [2.45, 2.75) is 20.0 Å². The molecule has 3 aromatic rings. The molecule has 23 heavy (non-hydrogen) atoms. The summed E-state index contributed by atoms with van der Waals surface area (Å²) < 4.78 is 2.14. The zero-order valence-electron chi connectivity index (χ0n) is 12.5. The number of nitrogens with zero attached hydrogens (tertiary/aromatic N) is 4. The van der Waals surface area contributed by atoms with Gasteiger partial charge in [0, 0.05) is 29.7 Å². The van der Waals surface area contributed by atoms with Gasteiger partial charge in [-0.05, 0) is 19.1 Å². The molecule has 0 N–H and O–H groups in total. The molecule has 0 aromatic carbocycles. The van der Waals surface area contributed by atoms with Crippen molar-refractivity contribution in [1.82, 2.24) is 19.5 Å². The Labute approximate surface area is 146 Å². The molecule has 0 atom stereocenters. The molecule has 0 spiro atoms. The molecular formula is C15H15ClN4OS2. The second kappa shape index (κ2) is 6.92. The topological polar surface area (TPSA) is 50.5 Å². The first-order chi connectivity index (χ1) is 11.0. The van der Waals surface area contributed by atoms with Crippen LogP contribution in [0.15, 0.2) is 35.6 Å². The van der Waals surface area contributed by atoms with E-state index in [1.807, 2.05) is 25.1 Å². The Morgan fingerprint density at radius 2 is 2.22 bits per heavy atom. The van der Waals surface area contributed by atoms with E-state index in [0.29, 0.717) is 17.2 Å². The number of aryl methyl sites for hydroxylation is 1. The van der Waals surface area contributed by atoms with Gasteiger partial charge in [0.15, 0.2) is 0 Å². The largest absolute Gasteiger partial charge is 0.288 e. The quantitative estimate of drug-likeness (QED) is 0.628. The van der Waals surface area contributed by atoms with Crippen molar-refractivity contribution in [3.8, 4) is 0 Å². The van der Waals surface area contributed by atoms with Crippen molar-refractivity contribution in [1.29, 1.82) is 0 Å². The summed E-state index contributed by atoms with van der Waals surface area (Å²) in [6.07, 6.45) is 1.86. The Morgan fingerprint density at radius 3 is 2.91 bits per heavy atom. The van der Waals surface area contributed by atoms with Gasteiger partial charge in [0.25, 0.3) is 5.56 Å². The third-order valence-electron chi connectivity index (χ3n) is 3.17. The molecule has 0 saturated heterocycles. The van der Waals surface area contributed by atoms with E-state index >= 15 is 0 Å². The molecule has 0 aliphatic rings. The average Bonchev–Trinajstić information content (AvgIpc) is 3.05. The van der Waals surface area contributed by atoms with E-state index in [1.165, 1.54) is 26.8 Å². The highest BCUT2D eigenvalue weighted by atomic mass is 35.5. The third kappa shape index (κ3) is 3.87. The third-order valence-corrected chi connectivity index (χ3v) is 5.28. The molecule has 5 nitrogen and oxygen atoms in total. The Balaban J connectivity index is 1.83. The minimum atomic E-state index is -0.143. The zero-order valence-corrected chi connectivity index (χ0v) is 14.9. The van der Waals surface area contributed by atoms with Crippen molar-refractivity contribution in [2.75, 3.05) is 6.54 Å². The zero-order chi connectivity index (χ0) is 16.4. The fourth-order valence-corrected chi connectivity index (χ4v) is 4.36. The first-order valence-electron chi connectivity index (χ1n) is 6.99. The number of rotatable bonds is 6. The number of halogens is 1. The van der Waals surface area contributed by atoms with Crippen LogP contribution in [0.25, 0.3) is 4.96 Å². The SMILES string of the molecule is C=CCN(Cc1ccc(Cl)s1)Cc1nn2c(=O)cc(C)nc2s1. The Morgan fingerprint density at radius 1 is 1.39 bits per heavy atom. The minimum absolute atomic E-state index is 0.143. The van der Waals surface area contributed by atoms with Crippen molar-refractivity contribution in [2.24, 2.45) is 0 Å². The summed E-state index contributed by atoms with van der Waals surface area (Å²) in [5.74, 6) is 0. The van der Waals surface area contributed by atoms with E-state index in [2.05, 4.69) is 21.6 Å². The predicted molar refractivity (Wildman–Crippen MR) is 95.5 cm³/mol. The molecule has 8 heteroatoms. The van der Waals surface area contributed by atoms with Gasteiger partial charge in [-0.15, -0.1) is 17.9 Å². The van der Waals surface area contributed by atoms with Gasteiger partial charge in [0.05, 0.1) is 10.9 Å². The summed E-state index contributed by atoms with van der Waals surface area (Å²) >= 11 is 8.99. The minimum Gasteiger partial charge on any atom is -0.288 e. The van der Waals surface area contributed by atoms with Crippen LogP contribution in [0.4, 0.5) is 0 Å². The highest BCUT2D eigenvalue weighted by molar-refractivity contribution is 7.16. The van der Waals surface area contributed by atoms with Crippen LogP contribution in [0.3, 0.4) is 0 Å². The van der Waals surface area contributed by atoms with E-state index in [1.54, 1.807) is 11.3 Å². The van der Waals surface area contributed by atoms with E-state index in [0.717, 1.165) is 22.4 Å². The standard InChI is InChI=1S/C15H15ClN4OS2/c1-3-6-19(8-11-4-5-12(16)22-11)9-13-18-20-14(21)7-10(2)17-15(20)23-13/h3-5,7H,1,6,8-9H2,2H3. The maximum atomic E-state index is 11.9.